The summed E-state index contributed by atoms with van der Waals surface area (Å²) in [6, 6.07) is 1.20. The standard InChI is InChI=1S/C13H28N2O/c1-10(2)12(5)14-8-13-9-15(11(3)4)6-7-16-13/h10-14H,6-9H2,1-5H3. The highest BCUT2D eigenvalue weighted by Gasteiger charge is 2.22. The average molecular weight is 228 g/mol. The van der Waals surface area contributed by atoms with Crippen LogP contribution in [0.25, 0.3) is 0 Å². The highest BCUT2D eigenvalue weighted by atomic mass is 16.5. The molecule has 3 nitrogen and oxygen atoms in total. The van der Waals surface area contributed by atoms with Crippen LogP contribution >= 0.6 is 0 Å². The molecule has 0 spiro atoms. The summed E-state index contributed by atoms with van der Waals surface area (Å²) in [4.78, 5) is 2.50. The number of hydrogen-bond donors (Lipinski definition) is 1. The van der Waals surface area contributed by atoms with Crippen LogP contribution in [-0.4, -0.2) is 49.3 Å². The van der Waals surface area contributed by atoms with Crippen LogP contribution in [0.1, 0.15) is 34.6 Å². The molecule has 0 aliphatic carbocycles. The van der Waals surface area contributed by atoms with Gasteiger partial charge in [-0.1, -0.05) is 13.8 Å². The maximum atomic E-state index is 5.78. The van der Waals surface area contributed by atoms with Crippen LogP contribution in [-0.2, 0) is 4.74 Å². The minimum absolute atomic E-state index is 0.359. The van der Waals surface area contributed by atoms with E-state index in [1.54, 1.807) is 0 Å². The highest BCUT2D eigenvalue weighted by Crippen LogP contribution is 2.09. The molecule has 0 saturated carbocycles. The van der Waals surface area contributed by atoms with Crippen molar-refractivity contribution < 1.29 is 4.74 Å². The van der Waals surface area contributed by atoms with Gasteiger partial charge in [-0.25, -0.2) is 0 Å². The predicted octanol–water partition coefficient (Wildman–Crippen LogP) is 1.73. The third-order valence-corrected chi connectivity index (χ3v) is 3.57. The minimum Gasteiger partial charge on any atom is -0.374 e. The van der Waals surface area contributed by atoms with Crippen molar-refractivity contribution in [2.75, 3.05) is 26.2 Å². The molecule has 1 heterocycles. The van der Waals surface area contributed by atoms with Crippen molar-refractivity contribution in [2.24, 2.45) is 5.92 Å². The third kappa shape index (κ3) is 4.40. The number of rotatable bonds is 5. The quantitative estimate of drug-likeness (QED) is 0.775. The van der Waals surface area contributed by atoms with E-state index in [-0.39, 0.29) is 0 Å². The van der Waals surface area contributed by atoms with Gasteiger partial charge in [0.2, 0.25) is 0 Å². The van der Waals surface area contributed by atoms with Gasteiger partial charge in [-0.2, -0.15) is 0 Å². The Morgan fingerprint density at radius 2 is 1.94 bits per heavy atom. The van der Waals surface area contributed by atoms with Crippen molar-refractivity contribution in [1.29, 1.82) is 0 Å². The lowest BCUT2D eigenvalue weighted by atomic mass is 10.1. The number of nitrogens with one attached hydrogen (secondary N) is 1. The Labute approximate surface area is 101 Å². The smallest absolute Gasteiger partial charge is 0.0826 e. The summed E-state index contributed by atoms with van der Waals surface area (Å²) in [5.41, 5.74) is 0. The monoisotopic (exact) mass is 228 g/mol. The zero-order chi connectivity index (χ0) is 12.1. The van der Waals surface area contributed by atoms with Crippen LogP contribution in [0.3, 0.4) is 0 Å². The van der Waals surface area contributed by atoms with Crippen LogP contribution in [0.5, 0.6) is 0 Å². The maximum Gasteiger partial charge on any atom is 0.0826 e. The van der Waals surface area contributed by atoms with Gasteiger partial charge in [0, 0.05) is 31.7 Å². The van der Waals surface area contributed by atoms with E-state index < -0.39 is 0 Å². The molecule has 16 heavy (non-hydrogen) atoms. The molecular formula is C13H28N2O. The Morgan fingerprint density at radius 1 is 1.25 bits per heavy atom. The van der Waals surface area contributed by atoms with E-state index in [1.807, 2.05) is 0 Å². The molecule has 1 rings (SSSR count). The van der Waals surface area contributed by atoms with E-state index in [2.05, 4.69) is 44.8 Å². The van der Waals surface area contributed by atoms with E-state index in [0.717, 1.165) is 26.2 Å². The molecule has 1 saturated heterocycles. The second kappa shape index (κ2) is 6.58. The Kier molecular flexibility index (Phi) is 5.73. The van der Waals surface area contributed by atoms with Crippen molar-refractivity contribution in [1.82, 2.24) is 10.2 Å². The van der Waals surface area contributed by atoms with Gasteiger partial charge >= 0.3 is 0 Å². The van der Waals surface area contributed by atoms with Gasteiger partial charge in [0.1, 0.15) is 0 Å². The Hall–Kier alpha value is -0.120. The molecule has 0 amide bonds. The minimum atomic E-state index is 0.359. The zero-order valence-electron chi connectivity index (χ0n) is 11.5. The summed E-state index contributed by atoms with van der Waals surface area (Å²) in [6.07, 6.45) is 0.359. The fraction of sp³-hybridized carbons (Fsp3) is 1.00. The Morgan fingerprint density at radius 3 is 2.50 bits per heavy atom. The molecular weight excluding hydrogens is 200 g/mol. The number of morpholine rings is 1. The SMILES string of the molecule is CC(C)C(C)NCC1CN(C(C)C)CCO1. The first-order chi connectivity index (χ1) is 7.50. The highest BCUT2D eigenvalue weighted by molar-refractivity contribution is 4.77. The maximum absolute atomic E-state index is 5.78. The van der Waals surface area contributed by atoms with Gasteiger partial charge in [0.25, 0.3) is 0 Å². The molecule has 0 bridgehead atoms. The topological polar surface area (TPSA) is 24.5 Å². The molecule has 1 aliphatic heterocycles. The number of nitrogens with zero attached hydrogens (tertiary/aromatic N) is 1. The van der Waals surface area contributed by atoms with Crippen LogP contribution in [0, 0.1) is 5.92 Å². The molecule has 0 aromatic heterocycles. The van der Waals surface area contributed by atoms with Gasteiger partial charge in [-0.05, 0) is 26.7 Å². The Balaban J connectivity index is 2.26. The average Bonchev–Trinajstić information content (AvgIpc) is 2.26. The fourth-order valence-corrected chi connectivity index (χ4v) is 1.89. The summed E-state index contributed by atoms with van der Waals surface area (Å²) in [5.74, 6) is 0.685. The van der Waals surface area contributed by atoms with Crippen LogP contribution in [0.2, 0.25) is 0 Å². The molecule has 3 heteroatoms. The van der Waals surface area contributed by atoms with E-state index >= 15 is 0 Å². The first-order valence-electron chi connectivity index (χ1n) is 6.59. The molecule has 1 fully saturated rings. The molecule has 2 unspecified atom stereocenters. The fourth-order valence-electron chi connectivity index (χ4n) is 1.89. The molecule has 0 radical (unpaired) electrons. The third-order valence-electron chi connectivity index (χ3n) is 3.57. The predicted molar refractivity (Wildman–Crippen MR) is 68.8 cm³/mol. The van der Waals surface area contributed by atoms with E-state index in [1.165, 1.54) is 0 Å². The molecule has 1 aliphatic rings. The van der Waals surface area contributed by atoms with Gasteiger partial charge in [0.05, 0.1) is 12.7 Å². The van der Waals surface area contributed by atoms with Crippen molar-refractivity contribution in [3.8, 4) is 0 Å². The molecule has 2 atom stereocenters. The molecule has 0 aromatic carbocycles. The number of hydrogen-bond acceptors (Lipinski definition) is 3. The van der Waals surface area contributed by atoms with Crippen molar-refractivity contribution in [2.45, 2.75) is 52.8 Å². The van der Waals surface area contributed by atoms with Crippen molar-refractivity contribution in [3.63, 3.8) is 0 Å². The Bertz CT molecular complexity index is 194. The summed E-state index contributed by atoms with van der Waals surface area (Å²) in [7, 11) is 0. The van der Waals surface area contributed by atoms with Gasteiger partial charge < -0.3 is 10.1 Å². The second-order valence-corrected chi connectivity index (χ2v) is 5.52. The first kappa shape index (κ1) is 13.9. The number of ether oxygens (including phenoxy) is 1. The molecule has 96 valence electrons. The van der Waals surface area contributed by atoms with Gasteiger partial charge in [0.15, 0.2) is 0 Å². The summed E-state index contributed by atoms with van der Waals surface area (Å²) in [6.45, 7) is 15.2. The van der Waals surface area contributed by atoms with Crippen molar-refractivity contribution >= 4 is 0 Å². The lowest BCUT2D eigenvalue weighted by Gasteiger charge is -2.36. The van der Waals surface area contributed by atoms with Crippen LogP contribution in [0.4, 0.5) is 0 Å². The first-order valence-corrected chi connectivity index (χ1v) is 6.59. The lowest BCUT2D eigenvalue weighted by Crippen LogP contribution is -2.50. The van der Waals surface area contributed by atoms with E-state index in [4.69, 9.17) is 4.74 Å². The molecule has 1 N–H and O–H groups in total. The van der Waals surface area contributed by atoms with E-state index in [9.17, 15) is 0 Å². The van der Waals surface area contributed by atoms with Gasteiger partial charge in [-0.15, -0.1) is 0 Å². The molecule has 0 aromatic rings. The van der Waals surface area contributed by atoms with Crippen LogP contribution < -0.4 is 5.32 Å². The summed E-state index contributed by atoms with van der Waals surface area (Å²) < 4.78 is 5.78. The van der Waals surface area contributed by atoms with Crippen LogP contribution in [0.15, 0.2) is 0 Å². The summed E-state index contributed by atoms with van der Waals surface area (Å²) in [5, 5.41) is 3.56. The second-order valence-electron chi connectivity index (χ2n) is 5.52. The van der Waals surface area contributed by atoms with Crippen molar-refractivity contribution in [3.05, 3.63) is 0 Å². The summed E-state index contributed by atoms with van der Waals surface area (Å²) >= 11 is 0. The normalized spacial score (nSPS) is 25.3. The van der Waals surface area contributed by atoms with Gasteiger partial charge in [-0.3, -0.25) is 4.90 Å². The zero-order valence-corrected chi connectivity index (χ0v) is 11.5. The van der Waals surface area contributed by atoms with E-state index in [0.29, 0.717) is 24.1 Å². The lowest BCUT2D eigenvalue weighted by molar-refractivity contribution is -0.0383. The largest absolute Gasteiger partial charge is 0.374 e.